The highest BCUT2D eigenvalue weighted by atomic mass is 16.5. The van der Waals surface area contributed by atoms with Gasteiger partial charge in [0.1, 0.15) is 5.54 Å². The van der Waals surface area contributed by atoms with Crippen molar-refractivity contribution in [2.24, 2.45) is 5.92 Å². The van der Waals surface area contributed by atoms with Crippen LogP contribution in [0.5, 0.6) is 0 Å². The van der Waals surface area contributed by atoms with Crippen LogP contribution in [0.15, 0.2) is 0 Å². The molecule has 114 valence electrons. The summed E-state index contributed by atoms with van der Waals surface area (Å²) in [7, 11) is 2.10. The van der Waals surface area contributed by atoms with Crippen molar-refractivity contribution in [3.05, 3.63) is 0 Å². The Kier molecular flexibility index (Phi) is 8.26. The third kappa shape index (κ3) is 7.53. The molecule has 0 aromatic rings. The van der Waals surface area contributed by atoms with Crippen LogP contribution in [0.4, 0.5) is 0 Å². The van der Waals surface area contributed by atoms with Crippen LogP contribution < -0.4 is 5.32 Å². The van der Waals surface area contributed by atoms with Gasteiger partial charge in [0.15, 0.2) is 0 Å². The van der Waals surface area contributed by atoms with Gasteiger partial charge in [0, 0.05) is 19.1 Å². The Balaban J connectivity index is 4.54. The van der Waals surface area contributed by atoms with Gasteiger partial charge in [-0.25, -0.2) is 0 Å². The summed E-state index contributed by atoms with van der Waals surface area (Å²) in [5.74, 6) is 0.485. The summed E-state index contributed by atoms with van der Waals surface area (Å²) in [5.41, 5.74) is -0.602. The lowest BCUT2D eigenvalue weighted by Gasteiger charge is -2.32. The number of carbonyl (C=O) groups excluding carboxylic acids is 1. The highest BCUT2D eigenvalue weighted by Gasteiger charge is 2.35. The smallest absolute Gasteiger partial charge is 0.326 e. The van der Waals surface area contributed by atoms with Gasteiger partial charge in [-0.15, -0.1) is 0 Å². The standard InChI is InChI=1S/C15H32N2O2/c1-8-19-14(18)15(6,16-13(4)5)9-10-17(7)11-12(2)3/h12-13,16H,8-11H2,1-7H3. The van der Waals surface area contributed by atoms with Crippen molar-refractivity contribution >= 4 is 5.97 Å². The minimum Gasteiger partial charge on any atom is -0.465 e. The lowest BCUT2D eigenvalue weighted by molar-refractivity contribution is -0.151. The molecule has 1 N–H and O–H groups in total. The number of hydrogen-bond acceptors (Lipinski definition) is 4. The van der Waals surface area contributed by atoms with E-state index in [9.17, 15) is 4.79 Å². The summed E-state index contributed by atoms with van der Waals surface area (Å²) in [6.45, 7) is 14.6. The summed E-state index contributed by atoms with van der Waals surface area (Å²) >= 11 is 0. The fourth-order valence-electron chi connectivity index (χ4n) is 2.29. The minimum atomic E-state index is -0.602. The van der Waals surface area contributed by atoms with Gasteiger partial charge in [0.2, 0.25) is 0 Å². The van der Waals surface area contributed by atoms with E-state index in [4.69, 9.17) is 4.74 Å². The second-order valence-corrected chi connectivity index (χ2v) is 6.26. The maximum Gasteiger partial charge on any atom is 0.326 e. The summed E-state index contributed by atoms with van der Waals surface area (Å²) in [6.07, 6.45) is 0.757. The lowest BCUT2D eigenvalue weighted by atomic mass is 9.96. The zero-order valence-electron chi connectivity index (χ0n) is 13.7. The van der Waals surface area contributed by atoms with E-state index in [1.165, 1.54) is 0 Å². The van der Waals surface area contributed by atoms with Crippen molar-refractivity contribution in [2.75, 3.05) is 26.7 Å². The van der Waals surface area contributed by atoms with Gasteiger partial charge < -0.3 is 9.64 Å². The molecule has 1 atom stereocenters. The number of ether oxygens (including phenoxy) is 1. The number of nitrogens with zero attached hydrogens (tertiary/aromatic N) is 1. The quantitative estimate of drug-likeness (QED) is 0.654. The van der Waals surface area contributed by atoms with Crippen molar-refractivity contribution in [2.45, 2.75) is 59.5 Å². The van der Waals surface area contributed by atoms with Gasteiger partial charge in [0.25, 0.3) is 0 Å². The monoisotopic (exact) mass is 272 g/mol. The summed E-state index contributed by atoms with van der Waals surface area (Å²) in [6, 6.07) is 0.254. The predicted octanol–water partition coefficient (Wildman–Crippen LogP) is 2.28. The molecule has 0 bridgehead atoms. The first kappa shape index (κ1) is 18.4. The molecule has 0 spiro atoms. The van der Waals surface area contributed by atoms with Crippen LogP contribution in [-0.4, -0.2) is 49.2 Å². The Labute approximate surface area is 118 Å². The van der Waals surface area contributed by atoms with Gasteiger partial charge in [-0.1, -0.05) is 13.8 Å². The van der Waals surface area contributed by atoms with Crippen LogP contribution in [0.1, 0.15) is 48.0 Å². The third-order valence-electron chi connectivity index (χ3n) is 3.00. The van der Waals surface area contributed by atoms with Crippen LogP contribution in [0.3, 0.4) is 0 Å². The summed E-state index contributed by atoms with van der Waals surface area (Å²) in [4.78, 5) is 14.4. The molecule has 4 nitrogen and oxygen atoms in total. The molecular formula is C15H32N2O2. The predicted molar refractivity (Wildman–Crippen MR) is 80.3 cm³/mol. The van der Waals surface area contributed by atoms with E-state index in [0.717, 1.165) is 19.5 Å². The van der Waals surface area contributed by atoms with E-state index >= 15 is 0 Å². The number of hydrogen-bond donors (Lipinski definition) is 1. The maximum absolute atomic E-state index is 12.1. The van der Waals surface area contributed by atoms with Crippen molar-refractivity contribution in [1.29, 1.82) is 0 Å². The molecular weight excluding hydrogens is 240 g/mol. The maximum atomic E-state index is 12.1. The van der Waals surface area contributed by atoms with Gasteiger partial charge in [-0.05, 0) is 47.1 Å². The molecule has 0 saturated heterocycles. The van der Waals surface area contributed by atoms with Gasteiger partial charge in [-0.2, -0.15) is 0 Å². The van der Waals surface area contributed by atoms with Crippen LogP contribution in [0.25, 0.3) is 0 Å². The number of nitrogens with one attached hydrogen (secondary N) is 1. The molecule has 0 fully saturated rings. The van der Waals surface area contributed by atoms with Crippen LogP contribution in [0.2, 0.25) is 0 Å². The largest absolute Gasteiger partial charge is 0.465 e. The molecule has 0 rings (SSSR count). The zero-order valence-corrected chi connectivity index (χ0v) is 13.7. The van der Waals surface area contributed by atoms with E-state index < -0.39 is 5.54 Å². The van der Waals surface area contributed by atoms with Crippen molar-refractivity contribution in [3.63, 3.8) is 0 Å². The fourth-order valence-corrected chi connectivity index (χ4v) is 2.29. The first-order chi connectivity index (χ1) is 8.71. The molecule has 19 heavy (non-hydrogen) atoms. The Hall–Kier alpha value is -0.610. The molecule has 0 aliphatic heterocycles. The Bertz CT molecular complexity index is 267. The number of rotatable bonds is 9. The van der Waals surface area contributed by atoms with Crippen molar-refractivity contribution < 1.29 is 9.53 Å². The van der Waals surface area contributed by atoms with E-state index in [-0.39, 0.29) is 12.0 Å². The molecule has 0 amide bonds. The second kappa shape index (κ2) is 8.54. The zero-order chi connectivity index (χ0) is 15.1. The molecule has 0 aliphatic carbocycles. The van der Waals surface area contributed by atoms with E-state index in [1.807, 2.05) is 13.8 Å². The van der Waals surface area contributed by atoms with Crippen LogP contribution in [-0.2, 0) is 9.53 Å². The molecule has 4 heteroatoms. The summed E-state index contributed by atoms with van der Waals surface area (Å²) in [5, 5.41) is 3.35. The average Bonchev–Trinajstić information content (AvgIpc) is 2.25. The number of esters is 1. The van der Waals surface area contributed by atoms with Crippen LogP contribution >= 0.6 is 0 Å². The van der Waals surface area contributed by atoms with Gasteiger partial charge >= 0.3 is 5.97 Å². The number of carbonyl (C=O) groups is 1. The second-order valence-electron chi connectivity index (χ2n) is 6.26. The first-order valence-electron chi connectivity index (χ1n) is 7.34. The lowest BCUT2D eigenvalue weighted by Crippen LogP contribution is -2.54. The van der Waals surface area contributed by atoms with Crippen molar-refractivity contribution in [1.82, 2.24) is 10.2 Å². The SMILES string of the molecule is CCOC(=O)C(C)(CCN(C)CC(C)C)NC(C)C. The highest BCUT2D eigenvalue weighted by Crippen LogP contribution is 2.15. The Morgan fingerprint density at radius 2 is 1.89 bits per heavy atom. The Morgan fingerprint density at radius 3 is 2.32 bits per heavy atom. The molecule has 0 aliphatic rings. The van der Waals surface area contributed by atoms with E-state index in [0.29, 0.717) is 12.5 Å². The average molecular weight is 272 g/mol. The molecule has 1 unspecified atom stereocenters. The normalized spacial score (nSPS) is 15.1. The Morgan fingerprint density at radius 1 is 1.32 bits per heavy atom. The molecule has 0 aromatic carbocycles. The van der Waals surface area contributed by atoms with E-state index in [1.54, 1.807) is 0 Å². The third-order valence-corrected chi connectivity index (χ3v) is 3.00. The highest BCUT2D eigenvalue weighted by molar-refractivity contribution is 5.80. The van der Waals surface area contributed by atoms with Crippen molar-refractivity contribution in [3.8, 4) is 0 Å². The van der Waals surface area contributed by atoms with Gasteiger partial charge in [0.05, 0.1) is 6.61 Å². The summed E-state index contributed by atoms with van der Waals surface area (Å²) < 4.78 is 5.20. The van der Waals surface area contributed by atoms with Crippen LogP contribution in [0, 0.1) is 5.92 Å². The topological polar surface area (TPSA) is 41.6 Å². The molecule has 0 heterocycles. The minimum absolute atomic E-state index is 0.151. The fraction of sp³-hybridized carbons (Fsp3) is 0.933. The molecule has 0 aromatic heterocycles. The van der Waals surface area contributed by atoms with E-state index in [2.05, 4.69) is 45.0 Å². The first-order valence-corrected chi connectivity index (χ1v) is 7.34. The molecule has 0 saturated carbocycles. The molecule has 0 radical (unpaired) electrons. The van der Waals surface area contributed by atoms with Gasteiger partial charge in [-0.3, -0.25) is 10.1 Å².